The summed E-state index contributed by atoms with van der Waals surface area (Å²) >= 11 is 0. The van der Waals surface area contributed by atoms with Crippen molar-refractivity contribution in [3.8, 4) is 11.5 Å². The molecule has 1 saturated heterocycles. The summed E-state index contributed by atoms with van der Waals surface area (Å²) in [5.74, 6) is 3.14. The Hall–Kier alpha value is -2.83. The van der Waals surface area contributed by atoms with Gasteiger partial charge < -0.3 is 19.1 Å². The van der Waals surface area contributed by atoms with Gasteiger partial charge in [-0.1, -0.05) is 32.0 Å². The van der Waals surface area contributed by atoms with E-state index in [4.69, 9.17) is 9.47 Å². The van der Waals surface area contributed by atoms with Crippen molar-refractivity contribution in [3.05, 3.63) is 77.4 Å². The van der Waals surface area contributed by atoms with E-state index in [1.54, 1.807) is 6.20 Å². The van der Waals surface area contributed by atoms with Crippen molar-refractivity contribution in [1.29, 1.82) is 0 Å². The van der Waals surface area contributed by atoms with Gasteiger partial charge in [0, 0.05) is 32.0 Å². The first-order valence-electron chi connectivity index (χ1n) is 11.8. The lowest BCUT2D eigenvalue weighted by Gasteiger charge is -2.19. The van der Waals surface area contributed by atoms with Crippen molar-refractivity contribution in [2.45, 2.75) is 58.9 Å². The quantitative estimate of drug-likeness (QED) is 0.527. The minimum absolute atomic E-state index is 0.221. The molecule has 6 heteroatoms. The second kappa shape index (κ2) is 10.4. The third kappa shape index (κ3) is 6.15. The first-order valence-corrected chi connectivity index (χ1v) is 11.8. The van der Waals surface area contributed by atoms with Gasteiger partial charge in [-0.2, -0.15) is 0 Å². The normalized spacial score (nSPS) is 18.7. The Kier molecular flexibility index (Phi) is 7.36. The number of aromatic nitrogens is 2. The highest BCUT2D eigenvalue weighted by Gasteiger charge is 2.33. The van der Waals surface area contributed by atoms with Gasteiger partial charge in [0.1, 0.15) is 36.1 Å². The molecule has 0 spiro atoms. The van der Waals surface area contributed by atoms with Crippen LogP contribution < -0.4 is 9.47 Å². The first kappa shape index (κ1) is 23.3. The molecule has 0 amide bonds. The summed E-state index contributed by atoms with van der Waals surface area (Å²) in [4.78, 5) is 6.47. The summed E-state index contributed by atoms with van der Waals surface area (Å²) < 4.78 is 14.2. The molecular weight excluding hydrogens is 414 g/mol. The maximum absolute atomic E-state index is 10.6. The fourth-order valence-corrected chi connectivity index (χ4v) is 4.28. The molecular formula is C27H35N3O3. The number of aliphatic hydroxyl groups excluding tert-OH is 1. The molecule has 2 aromatic carbocycles. The Morgan fingerprint density at radius 3 is 2.55 bits per heavy atom. The standard InChI is InChI=1S/C27H35N3O3/c1-19(2)23-13-20(3)14-25(15-23)33-27-18-29(17-26(27)31)16-22-5-7-24(8-6-22)32-12-11-30-10-9-28-21(30)4/h5-10,13-15,19,26-27,31H,11-12,16-18H2,1-4H3/t26-,27-/m0/s1. The SMILES string of the molecule is Cc1cc(O[C@H]2CN(Cc3ccc(OCCn4ccnc4C)cc3)C[C@@H]2O)cc(C(C)C)c1. The van der Waals surface area contributed by atoms with Crippen LogP contribution in [0.15, 0.2) is 54.9 Å². The van der Waals surface area contributed by atoms with Crippen LogP contribution in [0.5, 0.6) is 11.5 Å². The molecule has 0 radical (unpaired) electrons. The zero-order valence-corrected chi connectivity index (χ0v) is 20.1. The third-order valence-electron chi connectivity index (χ3n) is 6.19. The number of aryl methyl sites for hydroxylation is 2. The number of nitrogens with zero attached hydrogens (tertiary/aromatic N) is 3. The van der Waals surface area contributed by atoms with Crippen molar-refractivity contribution >= 4 is 0 Å². The zero-order chi connectivity index (χ0) is 23.4. The van der Waals surface area contributed by atoms with E-state index in [0.717, 1.165) is 30.4 Å². The van der Waals surface area contributed by atoms with E-state index in [9.17, 15) is 5.11 Å². The van der Waals surface area contributed by atoms with E-state index < -0.39 is 6.10 Å². The van der Waals surface area contributed by atoms with Crippen LogP contribution in [0, 0.1) is 13.8 Å². The van der Waals surface area contributed by atoms with Gasteiger partial charge in [0.25, 0.3) is 0 Å². The van der Waals surface area contributed by atoms with Crippen LogP contribution in [0.1, 0.15) is 42.3 Å². The average molecular weight is 450 g/mol. The molecule has 0 aliphatic carbocycles. The molecule has 1 aromatic heterocycles. The van der Waals surface area contributed by atoms with Crippen LogP contribution in [-0.4, -0.2) is 51.5 Å². The molecule has 1 N–H and O–H groups in total. The molecule has 0 unspecified atom stereocenters. The fourth-order valence-electron chi connectivity index (χ4n) is 4.28. The Morgan fingerprint density at radius 2 is 1.85 bits per heavy atom. The topological polar surface area (TPSA) is 59.8 Å². The number of imidazole rings is 1. The second-order valence-electron chi connectivity index (χ2n) is 9.31. The molecule has 0 bridgehead atoms. The summed E-state index contributed by atoms with van der Waals surface area (Å²) in [6, 6.07) is 14.5. The van der Waals surface area contributed by atoms with Crippen LogP contribution in [0.2, 0.25) is 0 Å². The number of aliphatic hydroxyl groups is 1. The number of ether oxygens (including phenoxy) is 2. The van der Waals surface area contributed by atoms with Gasteiger partial charge in [0.2, 0.25) is 0 Å². The van der Waals surface area contributed by atoms with Gasteiger partial charge >= 0.3 is 0 Å². The average Bonchev–Trinajstić information content (AvgIpc) is 3.33. The van der Waals surface area contributed by atoms with E-state index >= 15 is 0 Å². The Labute approximate surface area is 196 Å². The Morgan fingerprint density at radius 1 is 1.06 bits per heavy atom. The minimum atomic E-state index is -0.498. The molecule has 4 rings (SSSR count). The zero-order valence-electron chi connectivity index (χ0n) is 20.1. The monoisotopic (exact) mass is 449 g/mol. The molecule has 176 valence electrons. The van der Waals surface area contributed by atoms with Crippen LogP contribution in [0.4, 0.5) is 0 Å². The van der Waals surface area contributed by atoms with Crippen LogP contribution in [0.3, 0.4) is 0 Å². The number of likely N-dealkylation sites (tertiary alicyclic amines) is 1. The second-order valence-corrected chi connectivity index (χ2v) is 9.31. The Balaban J connectivity index is 1.28. The summed E-state index contributed by atoms with van der Waals surface area (Å²) in [6.07, 6.45) is 3.05. The summed E-state index contributed by atoms with van der Waals surface area (Å²) in [6.45, 7) is 11.9. The molecule has 6 nitrogen and oxygen atoms in total. The maximum Gasteiger partial charge on any atom is 0.138 e. The summed E-state index contributed by atoms with van der Waals surface area (Å²) in [7, 11) is 0. The van der Waals surface area contributed by atoms with Crippen molar-refractivity contribution in [1.82, 2.24) is 14.5 Å². The summed E-state index contributed by atoms with van der Waals surface area (Å²) in [5.41, 5.74) is 3.64. The predicted molar refractivity (Wildman–Crippen MR) is 130 cm³/mol. The maximum atomic E-state index is 10.6. The fraction of sp³-hybridized carbons (Fsp3) is 0.444. The lowest BCUT2D eigenvalue weighted by atomic mass is 10.0. The van der Waals surface area contributed by atoms with Crippen LogP contribution in [0.25, 0.3) is 0 Å². The molecule has 0 saturated carbocycles. The largest absolute Gasteiger partial charge is 0.492 e. The van der Waals surface area contributed by atoms with E-state index in [2.05, 4.69) is 59.5 Å². The predicted octanol–water partition coefficient (Wildman–Crippen LogP) is 4.33. The molecule has 1 aliphatic heterocycles. The van der Waals surface area contributed by atoms with E-state index in [-0.39, 0.29) is 6.10 Å². The van der Waals surface area contributed by atoms with Crippen LogP contribution in [-0.2, 0) is 13.1 Å². The van der Waals surface area contributed by atoms with Crippen molar-refractivity contribution < 1.29 is 14.6 Å². The molecule has 33 heavy (non-hydrogen) atoms. The number of β-amino-alcohol motifs (C(OH)–C–C–N with tert-alkyl or cyclic N) is 1. The molecule has 2 heterocycles. The smallest absolute Gasteiger partial charge is 0.138 e. The highest BCUT2D eigenvalue weighted by atomic mass is 16.5. The van der Waals surface area contributed by atoms with E-state index in [1.807, 2.05) is 31.3 Å². The first-order chi connectivity index (χ1) is 15.9. The minimum Gasteiger partial charge on any atom is -0.492 e. The number of hydrogen-bond acceptors (Lipinski definition) is 5. The molecule has 1 fully saturated rings. The van der Waals surface area contributed by atoms with Gasteiger partial charge in [-0.05, 0) is 60.7 Å². The highest BCUT2D eigenvalue weighted by Crippen LogP contribution is 2.26. The number of benzene rings is 2. The van der Waals surface area contributed by atoms with Crippen molar-refractivity contribution in [2.75, 3.05) is 19.7 Å². The number of hydrogen-bond donors (Lipinski definition) is 1. The molecule has 1 aliphatic rings. The molecule has 3 aromatic rings. The van der Waals surface area contributed by atoms with Gasteiger partial charge in [-0.15, -0.1) is 0 Å². The van der Waals surface area contributed by atoms with E-state index in [0.29, 0.717) is 25.6 Å². The third-order valence-corrected chi connectivity index (χ3v) is 6.19. The van der Waals surface area contributed by atoms with Crippen molar-refractivity contribution in [3.63, 3.8) is 0 Å². The van der Waals surface area contributed by atoms with Crippen LogP contribution >= 0.6 is 0 Å². The van der Waals surface area contributed by atoms with Gasteiger partial charge in [-0.25, -0.2) is 4.98 Å². The van der Waals surface area contributed by atoms with E-state index in [1.165, 1.54) is 16.7 Å². The lowest BCUT2D eigenvalue weighted by molar-refractivity contribution is 0.0736. The van der Waals surface area contributed by atoms with Gasteiger partial charge in [0.05, 0.1) is 6.54 Å². The highest BCUT2D eigenvalue weighted by molar-refractivity contribution is 5.35. The Bertz CT molecular complexity index is 1050. The van der Waals surface area contributed by atoms with Gasteiger partial charge in [0.15, 0.2) is 0 Å². The van der Waals surface area contributed by atoms with Crippen molar-refractivity contribution in [2.24, 2.45) is 0 Å². The summed E-state index contributed by atoms with van der Waals surface area (Å²) in [5, 5.41) is 10.6. The lowest BCUT2D eigenvalue weighted by Crippen LogP contribution is -2.30. The number of rotatable bonds is 9. The van der Waals surface area contributed by atoms with Gasteiger partial charge in [-0.3, -0.25) is 4.90 Å². The molecule has 2 atom stereocenters.